The number of anilines is 3. The molecule has 0 unspecified atom stereocenters. The van der Waals surface area contributed by atoms with Crippen molar-refractivity contribution < 1.29 is 8.83 Å². The minimum atomic E-state index is 0.856. The molecule has 0 aliphatic rings. The molecule has 2 heterocycles. The molecule has 0 saturated heterocycles. The minimum Gasteiger partial charge on any atom is -0.456 e. The van der Waals surface area contributed by atoms with Crippen molar-refractivity contribution in [2.45, 2.75) is 0 Å². The molecule has 0 aliphatic heterocycles. The normalized spacial score (nSPS) is 11.6. The smallest absolute Gasteiger partial charge is 0.137 e. The highest BCUT2D eigenvalue weighted by atomic mass is 16.3. The lowest BCUT2D eigenvalue weighted by molar-refractivity contribution is 0.668. The molecule has 0 N–H and O–H groups in total. The molecular weight excluding hydrogens is 671 g/mol. The maximum Gasteiger partial charge on any atom is 0.137 e. The molecule has 0 radical (unpaired) electrons. The molecule has 2 aromatic heterocycles. The van der Waals surface area contributed by atoms with Gasteiger partial charge in [-0.15, -0.1) is 0 Å². The summed E-state index contributed by atoms with van der Waals surface area (Å²) in [6.45, 7) is 0. The Morgan fingerprint density at radius 2 is 0.800 bits per heavy atom. The van der Waals surface area contributed by atoms with Crippen LogP contribution in [-0.2, 0) is 0 Å². The number of furan rings is 2. The van der Waals surface area contributed by atoms with Crippen molar-refractivity contribution in [3.8, 4) is 33.4 Å². The van der Waals surface area contributed by atoms with Gasteiger partial charge in [0.05, 0.1) is 11.1 Å². The Labute approximate surface area is 317 Å². The first kappa shape index (κ1) is 31.2. The second-order valence-corrected chi connectivity index (χ2v) is 14.1. The lowest BCUT2D eigenvalue weighted by Gasteiger charge is -2.27. The lowest BCUT2D eigenvalue weighted by atomic mass is 9.94. The molecule has 55 heavy (non-hydrogen) atoms. The predicted octanol–water partition coefficient (Wildman–Crippen LogP) is 15.1. The predicted molar refractivity (Wildman–Crippen MR) is 229 cm³/mol. The molecule has 0 aliphatic carbocycles. The number of hydrogen-bond acceptors (Lipinski definition) is 3. The lowest BCUT2D eigenvalue weighted by Crippen LogP contribution is -2.10. The van der Waals surface area contributed by atoms with E-state index in [4.69, 9.17) is 8.83 Å². The Morgan fingerprint density at radius 1 is 0.291 bits per heavy atom. The van der Waals surface area contributed by atoms with Gasteiger partial charge < -0.3 is 13.7 Å². The van der Waals surface area contributed by atoms with Gasteiger partial charge in [0.2, 0.25) is 0 Å². The first-order chi connectivity index (χ1) is 27.3. The maximum atomic E-state index is 6.55. The molecule has 11 rings (SSSR count). The molecule has 9 aromatic carbocycles. The van der Waals surface area contributed by atoms with Gasteiger partial charge in [-0.1, -0.05) is 146 Å². The SMILES string of the molecule is c1ccc(-c2ccc(-c3ccc(N(c4ccc5c(-c6ccccc6)cc6oc7ccccc7c6c5c4)c4cccc5oc6ccccc6c45)cc3)cc2)cc1. The number of benzene rings is 9. The van der Waals surface area contributed by atoms with E-state index in [1.54, 1.807) is 0 Å². The zero-order valence-electron chi connectivity index (χ0n) is 29.8. The Balaban J connectivity index is 1.13. The first-order valence-corrected chi connectivity index (χ1v) is 18.7. The van der Waals surface area contributed by atoms with Crippen LogP contribution in [-0.4, -0.2) is 0 Å². The van der Waals surface area contributed by atoms with Gasteiger partial charge in [0.25, 0.3) is 0 Å². The van der Waals surface area contributed by atoms with Crippen molar-refractivity contribution in [1.82, 2.24) is 0 Å². The molecular formula is C52H33NO2. The van der Waals surface area contributed by atoms with Gasteiger partial charge in [-0.25, -0.2) is 0 Å². The largest absolute Gasteiger partial charge is 0.456 e. The number of rotatable bonds is 6. The molecule has 11 aromatic rings. The topological polar surface area (TPSA) is 29.5 Å². The van der Waals surface area contributed by atoms with Gasteiger partial charge in [-0.3, -0.25) is 0 Å². The summed E-state index contributed by atoms with van der Waals surface area (Å²) in [5.74, 6) is 0. The van der Waals surface area contributed by atoms with Crippen LogP contribution in [0.15, 0.2) is 209 Å². The van der Waals surface area contributed by atoms with E-state index in [1.807, 2.05) is 18.2 Å². The summed E-state index contributed by atoms with van der Waals surface area (Å²) in [5.41, 5.74) is 13.7. The van der Waals surface area contributed by atoms with Crippen molar-refractivity contribution in [3.05, 3.63) is 200 Å². The van der Waals surface area contributed by atoms with Gasteiger partial charge in [-0.05, 0) is 98.8 Å². The molecule has 258 valence electrons. The van der Waals surface area contributed by atoms with Gasteiger partial charge >= 0.3 is 0 Å². The standard InChI is InChI=1S/C52H33NO2/c1-3-12-34(13-4-1)35-22-24-36(25-23-35)37-26-28-39(29-27-37)53(46-18-11-21-49-52(46)43-17-8-10-20-48(43)54-49)40-30-31-41-44(38-14-5-2-6-15-38)33-50-51(45(41)32-40)42-16-7-9-19-47(42)55-50/h1-33H. The van der Waals surface area contributed by atoms with E-state index in [0.29, 0.717) is 0 Å². The highest BCUT2D eigenvalue weighted by Gasteiger charge is 2.22. The number of hydrogen-bond donors (Lipinski definition) is 0. The fraction of sp³-hybridized carbons (Fsp3) is 0. The summed E-state index contributed by atoms with van der Waals surface area (Å²) >= 11 is 0. The second-order valence-electron chi connectivity index (χ2n) is 14.1. The summed E-state index contributed by atoms with van der Waals surface area (Å²) < 4.78 is 13.0. The fourth-order valence-electron chi connectivity index (χ4n) is 8.28. The maximum absolute atomic E-state index is 6.55. The average Bonchev–Trinajstić information content (AvgIpc) is 3.83. The van der Waals surface area contributed by atoms with Crippen LogP contribution in [0, 0.1) is 0 Å². The third-order valence-electron chi connectivity index (χ3n) is 10.9. The summed E-state index contributed by atoms with van der Waals surface area (Å²) in [6, 6.07) is 70.9. The van der Waals surface area contributed by atoms with Crippen LogP contribution in [0.25, 0.3) is 88.0 Å². The molecule has 0 atom stereocenters. The van der Waals surface area contributed by atoms with Crippen LogP contribution in [0.2, 0.25) is 0 Å². The third-order valence-corrected chi connectivity index (χ3v) is 10.9. The quantitative estimate of drug-likeness (QED) is 0.173. The third kappa shape index (κ3) is 5.20. The highest BCUT2D eigenvalue weighted by Crippen LogP contribution is 2.46. The zero-order chi connectivity index (χ0) is 36.3. The number of fused-ring (bicyclic) bond motifs is 8. The summed E-state index contributed by atoms with van der Waals surface area (Å²) in [4.78, 5) is 2.37. The Hall–Kier alpha value is -7.36. The first-order valence-electron chi connectivity index (χ1n) is 18.7. The average molecular weight is 704 g/mol. The summed E-state index contributed by atoms with van der Waals surface area (Å²) in [5, 5.41) is 6.71. The van der Waals surface area contributed by atoms with Crippen LogP contribution in [0.1, 0.15) is 0 Å². The summed E-state index contributed by atoms with van der Waals surface area (Å²) in [6.07, 6.45) is 0. The van der Waals surface area contributed by atoms with Crippen molar-refractivity contribution in [2.24, 2.45) is 0 Å². The monoisotopic (exact) mass is 703 g/mol. The van der Waals surface area contributed by atoms with Gasteiger partial charge in [-0.2, -0.15) is 0 Å². The van der Waals surface area contributed by atoms with E-state index < -0.39 is 0 Å². The second kappa shape index (κ2) is 12.6. The Bertz CT molecular complexity index is 3180. The van der Waals surface area contributed by atoms with Gasteiger partial charge in [0.15, 0.2) is 0 Å². The van der Waals surface area contributed by atoms with E-state index in [0.717, 1.165) is 83.0 Å². The van der Waals surface area contributed by atoms with Crippen LogP contribution in [0.4, 0.5) is 17.1 Å². The molecule has 3 heteroatoms. The minimum absolute atomic E-state index is 0.856. The van der Waals surface area contributed by atoms with Crippen LogP contribution < -0.4 is 4.90 Å². The van der Waals surface area contributed by atoms with Gasteiger partial charge in [0.1, 0.15) is 22.3 Å². The Morgan fingerprint density at radius 3 is 1.47 bits per heavy atom. The fourth-order valence-corrected chi connectivity index (χ4v) is 8.28. The van der Waals surface area contributed by atoms with E-state index in [1.165, 1.54) is 22.1 Å². The van der Waals surface area contributed by atoms with Crippen molar-refractivity contribution in [3.63, 3.8) is 0 Å². The van der Waals surface area contributed by atoms with Crippen molar-refractivity contribution in [2.75, 3.05) is 4.90 Å². The van der Waals surface area contributed by atoms with E-state index >= 15 is 0 Å². The van der Waals surface area contributed by atoms with E-state index in [-0.39, 0.29) is 0 Å². The Kier molecular flexibility index (Phi) is 7.17. The van der Waals surface area contributed by atoms with Gasteiger partial charge in [0, 0.05) is 27.5 Å². The van der Waals surface area contributed by atoms with Crippen molar-refractivity contribution >= 4 is 71.7 Å². The van der Waals surface area contributed by atoms with E-state index in [2.05, 4.69) is 187 Å². The van der Waals surface area contributed by atoms with Crippen LogP contribution >= 0.6 is 0 Å². The molecule has 0 fully saturated rings. The molecule has 0 amide bonds. The van der Waals surface area contributed by atoms with E-state index in [9.17, 15) is 0 Å². The highest BCUT2D eigenvalue weighted by molar-refractivity contribution is 6.23. The number of nitrogens with zero attached hydrogens (tertiary/aromatic N) is 1. The molecule has 0 bridgehead atoms. The molecule has 0 spiro atoms. The van der Waals surface area contributed by atoms with Crippen molar-refractivity contribution in [1.29, 1.82) is 0 Å². The number of para-hydroxylation sites is 2. The molecule has 3 nitrogen and oxygen atoms in total. The summed E-state index contributed by atoms with van der Waals surface area (Å²) in [7, 11) is 0. The molecule has 0 saturated carbocycles. The van der Waals surface area contributed by atoms with Crippen LogP contribution in [0.3, 0.4) is 0 Å². The van der Waals surface area contributed by atoms with Crippen LogP contribution in [0.5, 0.6) is 0 Å². The zero-order valence-corrected chi connectivity index (χ0v) is 29.8.